The standard InChI is InChI=1S/C27H26N2O5/c1-2-18(15-25(30)28-19-13-11-17(12-14-19)26(31)32)29-27(33)34-16-24-22-9-5-3-7-20(22)21-8-4-6-10-23(21)24/h3-14,18,24H,2,15-16H2,1H3,(H,28,30)(H,29,33)(H,31,32). The minimum absolute atomic E-state index is 0.0321. The van der Waals surface area contributed by atoms with E-state index in [2.05, 4.69) is 34.9 Å². The van der Waals surface area contributed by atoms with Gasteiger partial charge in [0, 0.05) is 24.1 Å². The predicted octanol–water partition coefficient (Wildman–Crippen LogP) is 5.03. The first-order valence-electron chi connectivity index (χ1n) is 11.2. The van der Waals surface area contributed by atoms with Gasteiger partial charge in [0.25, 0.3) is 0 Å². The summed E-state index contributed by atoms with van der Waals surface area (Å²) >= 11 is 0. The molecule has 4 rings (SSSR count). The Morgan fingerprint density at radius 3 is 2.06 bits per heavy atom. The average molecular weight is 459 g/mol. The number of hydrogen-bond acceptors (Lipinski definition) is 4. The average Bonchev–Trinajstić information content (AvgIpc) is 3.16. The zero-order valence-corrected chi connectivity index (χ0v) is 18.8. The zero-order valence-electron chi connectivity index (χ0n) is 18.8. The lowest BCUT2D eigenvalue weighted by molar-refractivity contribution is -0.116. The van der Waals surface area contributed by atoms with Crippen molar-refractivity contribution in [1.29, 1.82) is 0 Å². The van der Waals surface area contributed by atoms with E-state index in [1.807, 2.05) is 31.2 Å². The second kappa shape index (κ2) is 10.2. The van der Waals surface area contributed by atoms with Gasteiger partial charge in [-0.05, 0) is 52.9 Å². The summed E-state index contributed by atoms with van der Waals surface area (Å²) in [6, 6.07) is 21.8. The Bertz CT molecular complexity index is 1160. The number of amides is 2. The van der Waals surface area contributed by atoms with Crippen molar-refractivity contribution in [2.24, 2.45) is 0 Å². The van der Waals surface area contributed by atoms with Crippen molar-refractivity contribution in [3.63, 3.8) is 0 Å². The third-order valence-corrected chi connectivity index (χ3v) is 6.01. The molecule has 0 bridgehead atoms. The van der Waals surface area contributed by atoms with E-state index >= 15 is 0 Å². The molecule has 1 unspecified atom stereocenters. The molecule has 174 valence electrons. The molecule has 0 aliphatic heterocycles. The van der Waals surface area contributed by atoms with E-state index in [1.165, 1.54) is 24.3 Å². The summed E-state index contributed by atoms with van der Waals surface area (Å²) in [5, 5.41) is 14.5. The maximum Gasteiger partial charge on any atom is 0.407 e. The van der Waals surface area contributed by atoms with E-state index in [0.29, 0.717) is 12.1 Å². The number of carboxylic acids is 1. The molecular formula is C27H26N2O5. The monoisotopic (exact) mass is 458 g/mol. The van der Waals surface area contributed by atoms with Crippen molar-refractivity contribution in [2.45, 2.75) is 31.7 Å². The Balaban J connectivity index is 1.31. The zero-order chi connectivity index (χ0) is 24.1. The maximum atomic E-state index is 12.5. The molecule has 34 heavy (non-hydrogen) atoms. The summed E-state index contributed by atoms with van der Waals surface area (Å²) in [5.41, 5.74) is 5.22. The molecule has 0 saturated heterocycles. The molecule has 0 fully saturated rings. The van der Waals surface area contributed by atoms with Crippen molar-refractivity contribution < 1.29 is 24.2 Å². The van der Waals surface area contributed by atoms with E-state index in [1.54, 1.807) is 0 Å². The summed E-state index contributed by atoms with van der Waals surface area (Å²) in [6.07, 6.45) is 0.0593. The lowest BCUT2D eigenvalue weighted by atomic mass is 9.98. The number of aromatic carboxylic acids is 1. The fraction of sp³-hybridized carbons (Fsp3) is 0.222. The van der Waals surface area contributed by atoms with Crippen LogP contribution in [0.25, 0.3) is 11.1 Å². The second-order valence-electron chi connectivity index (χ2n) is 8.21. The van der Waals surface area contributed by atoms with Gasteiger partial charge in [-0.3, -0.25) is 4.79 Å². The van der Waals surface area contributed by atoms with Crippen LogP contribution in [0.5, 0.6) is 0 Å². The lowest BCUT2D eigenvalue weighted by Gasteiger charge is -2.19. The van der Waals surface area contributed by atoms with Gasteiger partial charge in [-0.1, -0.05) is 55.5 Å². The quantitative estimate of drug-likeness (QED) is 0.439. The van der Waals surface area contributed by atoms with Crippen LogP contribution in [0, 0.1) is 0 Å². The Morgan fingerprint density at radius 1 is 0.912 bits per heavy atom. The smallest absolute Gasteiger partial charge is 0.407 e. The molecule has 0 radical (unpaired) electrons. The SMILES string of the molecule is CCC(CC(=O)Nc1ccc(C(=O)O)cc1)NC(=O)OCC1c2ccccc2-c2ccccc21. The number of rotatable bonds is 8. The topological polar surface area (TPSA) is 105 Å². The third-order valence-electron chi connectivity index (χ3n) is 6.01. The molecule has 7 heteroatoms. The van der Waals surface area contributed by atoms with Gasteiger partial charge in [0.2, 0.25) is 5.91 Å². The first-order valence-corrected chi connectivity index (χ1v) is 11.2. The molecule has 3 aromatic rings. The molecule has 7 nitrogen and oxygen atoms in total. The van der Waals surface area contributed by atoms with Crippen LogP contribution in [0.4, 0.5) is 10.5 Å². The van der Waals surface area contributed by atoms with Crippen molar-refractivity contribution in [3.8, 4) is 11.1 Å². The van der Waals surface area contributed by atoms with Gasteiger partial charge < -0.3 is 20.5 Å². The molecule has 1 atom stereocenters. The molecule has 0 heterocycles. The van der Waals surface area contributed by atoms with Crippen molar-refractivity contribution >= 4 is 23.7 Å². The number of nitrogens with one attached hydrogen (secondary N) is 2. The number of alkyl carbamates (subject to hydrolysis) is 1. The highest BCUT2D eigenvalue weighted by molar-refractivity contribution is 5.93. The molecule has 1 aliphatic carbocycles. The Kier molecular flexibility index (Phi) is 6.92. The van der Waals surface area contributed by atoms with Gasteiger partial charge in [-0.2, -0.15) is 0 Å². The van der Waals surface area contributed by atoms with Crippen LogP contribution < -0.4 is 10.6 Å². The van der Waals surface area contributed by atoms with Crippen LogP contribution in [-0.4, -0.2) is 35.7 Å². The van der Waals surface area contributed by atoms with Crippen LogP contribution in [0.2, 0.25) is 0 Å². The number of fused-ring (bicyclic) bond motifs is 3. The van der Waals surface area contributed by atoms with Crippen molar-refractivity contribution in [1.82, 2.24) is 5.32 Å². The van der Waals surface area contributed by atoms with Gasteiger partial charge in [0.1, 0.15) is 6.61 Å². The first-order chi connectivity index (χ1) is 16.5. The van der Waals surface area contributed by atoms with E-state index in [9.17, 15) is 14.4 Å². The summed E-state index contributed by atoms with van der Waals surface area (Å²) in [4.78, 5) is 35.9. The van der Waals surface area contributed by atoms with E-state index in [-0.39, 0.29) is 30.4 Å². The highest BCUT2D eigenvalue weighted by Crippen LogP contribution is 2.44. The first kappa shape index (κ1) is 23.0. The Labute approximate surface area is 197 Å². The van der Waals surface area contributed by atoms with Gasteiger partial charge in [0.15, 0.2) is 0 Å². The summed E-state index contributed by atoms with van der Waals surface area (Å²) in [6.45, 7) is 2.09. The maximum absolute atomic E-state index is 12.5. The van der Waals surface area contributed by atoms with Gasteiger partial charge >= 0.3 is 12.1 Å². The van der Waals surface area contributed by atoms with E-state index in [0.717, 1.165) is 22.3 Å². The number of carbonyl (C=O) groups excluding carboxylic acids is 2. The predicted molar refractivity (Wildman–Crippen MR) is 129 cm³/mol. The van der Waals surface area contributed by atoms with Crippen molar-refractivity contribution in [3.05, 3.63) is 89.5 Å². The summed E-state index contributed by atoms with van der Waals surface area (Å²) in [5.74, 6) is -1.35. The number of ether oxygens (including phenoxy) is 1. The van der Waals surface area contributed by atoms with Crippen LogP contribution in [0.3, 0.4) is 0 Å². The highest BCUT2D eigenvalue weighted by Gasteiger charge is 2.29. The molecule has 0 saturated carbocycles. The lowest BCUT2D eigenvalue weighted by Crippen LogP contribution is -2.38. The number of benzene rings is 3. The minimum atomic E-state index is -1.03. The van der Waals surface area contributed by atoms with Gasteiger partial charge in [-0.25, -0.2) is 9.59 Å². The normalized spacial score (nSPS) is 12.9. The van der Waals surface area contributed by atoms with Crippen LogP contribution in [-0.2, 0) is 9.53 Å². The summed E-state index contributed by atoms with van der Waals surface area (Å²) in [7, 11) is 0. The van der Waals surface area contributed by atoms with E-state index in [4.69, 9.17) is 9.84 Å². The third kappa shape index (κ3) is 5.09. The highest BCUT2D eigenvalue weighted by atomic mass is 16.5. The van der Waals surface area contributed by atoms with Crippen LogP contribution in [0.15, 0.2) is 72.8 Å². The Hall–Kier alpha value is -4.13. The van der Waals surface area contributed by atoms with Gasteiger partial charge in [-0.15, -0.1) is 0 Å². The van der Waals surface area contributed by atoms with E-state index < -0.39 is 18.1 Å². The van der Waals surface area contributed by atoms with Gasteiger partial charge in [0.05, 0.1) is 5.56 Å². The summed E-state index contributed by atoms with van der Waals surface area (Å²) < 4.78 is 5.57. The number of carbonyl (C=O) groups is 3. The largest absolute Gasteiger partial charge is 0.478 e. The molecule has 2 amide bonds. The molecule has 3 aromatic carbocycles. The minimum Gasteiger partial charge on any atom is -0.478 e. The molecular weight excluding hydrogens is 432 g/mol. The fourth-order valence-corrected chi connectivity index (χ4v) is 4.24. The van der Waals surface area contributed by atoms with Crippen LogP contribution in [0.1, 0.15) is 47.2 Å². The molecule has 0 aromatic heterocycles. The van der Waals surface area contributed by atoms with Crippen molar-refractivity contribution in [2.75, 3.05) is 11.9 Å². The number of hydrogen-bond donors (Lipinski definition) is 3. The second-order valence-corrected chi connectivity index (χ2v) is 8.21. The number of anilines is 1. The molecule has 3 N–H and O–H groups in total. The Morgan fingerprint density at radius 2 is 1.50 bits per heavy atom. The van der Waals surface area contributed by atoms with Crippen LogP contribution >= 0.6 is 0 Å². The molecule has 0 spiro atoms. The fourth-order valence-electron chi connectivity index (χ4n) is 4.24. The number of carboxylic acid groups (broad SMARTS) is 1. The molecule has 1 aliphatic rings.